The number of carbonyl (C=O) groups is 1. The molecule has 1 heterocycles. The molecular formula is C17H22N2O2. The first-order valence-corrected chi connectivity index (χ1v) is 7.22. The van der Waals surface area contributed by atoms with Crippen LogP contribution in [0.4, 0.5) is 0 Å². The maximum atomic E-state index is 12.1. The van der Waals surface area contributed by atoms with Crippen LogP contribution in [0.1, 0.15) is 37.3 Å². The molecule has 0 saturated heterocycles. The van der Waals surface area contributed by atoms with Gasteiger partial charge >= 0.3 is 0 Å². The van der Waals surface area contributed by atoms with E-state index in [0.717, 1.165) is 11.5 Å². The lowest BCUT2D eigenvalue weighted by Crippen LogP contribution is -2.32. The average molecular weight is 286 g/mol. The highest BCUT2D eigenvalue weighted by molar-refractivity contribution is 5.77. The summed E-state index contributed by atoms with van der Waals surface area (Å²) in [5.74, 6) is 0.852. The summed E-state index contributed by atoms with van der Waals surface area (Å²) < 4.78 is 5.00. The summed E-state index contributed by atoms with van der Waals surface area (Å²) in [5, 5.41) is 6.85. The molecule has 0 aliphatic heterocycles. The van der Waals surface area contributed by atoms with E-state index in [1.165, 1.54) is 5.56 Å². The van der Waals surface area contributed by atoms with Crippen molar-refractivity contribution < 1.29 is 9.32 Å². The first-order chi connectivity index (χ1) is 9.97. The van der Waals surface area contributed by atoms with Crippen LogP contribution in [-0.2, 0) is 16.6 Å². The van der Waals surface area contributed by atoms with Crippen molar-refractivity contribution in [2.75, 3.05) is 6.54 Å². The fourth-order valence-electron chi connectivity index (χ4n) is 2.32. The highest BCUT2D eigenvalue weighted by Crippen LogP contribution is 2.26. The lowest BCUT2D eigenvalue weighted by molar-refractivity contribution is -0.122. The summed E-state index contributed by atoms with van der Waals surface area (Å²) in [6, 6.07) is 12.0. The molecule has 0 radical (unpaired) electrons. The molecule has 0 saturated carbocycles. The van der Waals surface area contributed by atoms with Gasteiger partial charge in [0.1, 0.15) is 5.76 Å². The van der Waals surface area contributed by atoms with Gasteiger partial charge in [-0.1, -0.05) is 49.3 Å². The second kappa shape index (κ2) is 6.57. The molecule has 4 heteroatoms. The van der Waals surface area contributed by atoms with Crippen molar-refractivity contribution in [3.8, 4) is 0 Å². The highest BCUT2D eigenvalue weighted by Gasteiger charge is 2.23. The molecule has 1 aromatic heterocycles. The maximum Gasteiger partial charge on any atom is 0.220 e. The number of amides is 1. The normalized spacial score (nSPS) is 11.4. The summed E-state index contributed by atoms with van der Waals surface area (Å²) in [6.45, 7) is 6.61. The first-order valence-electron chi connectivity index (χ1n) is 7.22. The Morgan fingerprint density at radius 1 is 1.29 bits per heavy atom. The molecule has 0 fully saturated rings. The van der Waals surface area contributed by atoms with Crippen LogP contribution in [0.2, 0.25) is 0 Å². The van der Waals surface area contributed by atoms with Gasteiger partial charge in [0.2, 0.25) is 5.91 Å². The van der Waals surface area contributed by atoms with Crippen LogP contribution in [0, 0.1) is 6.92 Å². The standard InChI is InChI=1S/C17H22N2O2/c1-13-11-15(19-21-13)9-10-18-16(20)12-17(2,3)14-7-5-4-6-8-14/h4-8,11H,9-10,12H2,1-3H3,(H,18,20). The van der Waals surface area contributed by atoms with Gasteiger partial charge in [-0.15, -0.1) is 0 Å². The molecule has 2 rings (SSSR count). The third-order valence-corrected chi connectivity index (χ3v) is 3.54. The molecule has 112 valence electrons. The Morgan fingerprint density at radius 3 is 2.62 bits per heavy atom. The third-order valence-electron chi connectivity index (χ3n) is 3.54. The summed E-state index contributed by atoms with van der Waals surface area (Å²) in [7, 11) is 0. The van der Waals surface area contributed by atoms with Crippen molar-refractivity contribution in [1.82, 2.24) is 10.5 Å². The summed E-state index contributed by atoms with van der Waals surface area (Å²) in [6.07, 6.45) is 1.16. The Bertz CT molecular complexity index is 588. The quantitative estimate of drug-likeness (QED) is 0.888. The van der Waals surface area contributed by atoms with Crippen LogP contribution in [0.15, 0.2) is 40.9 Å². The van der Waals surface area contributed by atoms with E-state index in [1.807, 2.05) is 31.2 Å². The minimum absolute atomic E-state index is 0.0593. The molecule has 0 spiro atoms. The summed E-state index contributed by atoms with van der Waals surface area (Å²) >= 11 is 0. The number of aromatic nitrogens is 1. The Morgan fingerprint density at radius 2 is 2.00 bits per heavy atom. The van der Waals surface area contributed by atoms with Crippen molar-refractivity contribution in [1.29, 1.82) is 0 Å². The second-order valence-corrected chi connectivity index (χ2v) is 5.96. The van der Waals surface area contributed by atoms with Crippen LogP contribution in [-0.4, -0.2) is 17.6 Å². The number of nitrogens with one attached hydrogen (secondary N) is 1. The first kappa shape index (κ1) is 15.3. The van der Waals surface area contributed by atoms with Gasteiger partial charge in [0.25, 0.3) is 0 Å². The van der Waals surface area contributed by atoms with Gasteiger partial charge in [0.15, 0.2) is 0 Å². The van der Waals surface area contributed by atoms with E-state index in [1.54, 1.807) is 0 Å². The second-order valence-electron chi connectivity index (χ2n) is 5.96. The molecule has 1 aromatic carbocycles. The molecule has 0 bridgehead atoms. The molecule has 4 nitrogen and oxygen atoms in total. The van der Waals surface area contributed by atoms with E-state index in [-0.39, 0.29) is 11.3 Å². The number of hydrogen-bond acceptors (Lipinski definition) is 3. The van der Waals surface area contributed by atoms with E-state index in [2.05, 4.69) is 36.5 Å². The number of carbonyl (C=O) groups excluding carboxylic acids is 1. The molecule has 21 heavy (non-hydrogen) atoms. The predicted octanol–water partition coefficient (Wildman–Crippen LogP) is 3.01. The topological polar surface area (TPSA) is 55.1 Å². The lowest BCUT2D eigenvalue weighted by Gasteiger charge is -2.24. The van der Waals surface area contributed by atoms with E-state index < -0.39 is 0 Å². The lowest BCUT2D eigenvalue weighted by atomic mass is 9.81. The maximum absolute atomic E-state index is 12.1. The summed E-state index contributed by atoms with van der Waals surface area (Å²) in [4.78, 5) is 12.1. The molecule has 0 aliphatic carbocycles. The Kier molecular flexibility index (Phi) is 4.78. The van der Waals surface area contributed by atoms with Crippen LogP contribution >= 0.6 is 0 Å². The fourth-order valence-corrected chi connectivity index (χ4v) is 2.32. The molecular weight excluding hydrogens is 264 g/mol. The number of nitrogens with zero attached hydrogens (tertiary/aromatic N) is 1. The van der Waals surface area contributed by atoms with Gasteiger partial charge in [0.05, 0.1) is 5.69 Å². The van der Waals surface area contributed by atoms with Crippen molar-refractivity contribution in [3.05, 3.63) is 53.4 Å². The molecule has 0 aliphatic rings. The number of rotatable bonds is 6. The van der Waals surface area contributed by atoms with Gasteiger partial charge in [-0.2, -0.15) is 0 Å². The SMILES string of the molecule is Cc1cc(CCNC(=O)CC(C)(C)c2ccccc2)no1. The van der Waals surface area contributed by atoms with Crippen LogP contribution in [0.25, 0.3) is 0 Å². The predicted molar refractivity (Wildman–Crippen MR) is 82.0 cm³/mol. The largest absolute Gasteiger partial charge is 0.361 e. The number of aryl methyl sites for hydroxylation is 1. The average Bonchev–Trinajstić information content (AvgIpc) is 2.85. The van der Waals surface area contributed by atoms with Gasteiger partial charge in [-0.3, -0.25) is 4.79 Å². The minimum atomic E-state index is -0.171. The third kappa shape index (κ3) is 4.45. The zero-order chi connectivity index (χ0) is 15.3. The summed E-state index contributed by atoms with van der Waals surface area (Å²) in [5.41, 5.74) is 1.87. The highest BCUT2D eigenvalue weighted by atomic mass is 16.5. The zero-order valence-electron chi connectivity index (χ0n) is 12.8. The van der Waals surface area contributed by atoms with Crippen molar-refractivity contribution >= 4 is 5.91 Å². The van der Waals surface area contributed by atoms with Gasteiger partial charge < -0.3 is 9.84 Å². The number of benzene rings is 1. The van der Waals surface area contributed by atoms with Crippen molar-refractivity contribution in [2.24, 2.45) is 0 Å². The Balaban J connectivity index is 1.81. The van der Waals surface area contributed by atoms with E-state index in [4.69, 9.17) is 4.52 Å². The van der Waals surface area contributed by atoms with Crippen LogP contribution in [0.5, 0.6) is 0 Å². The van der Waals surface area contributed by atoms with E-state index in [0.29, 0.717) is 19.4 Å². The zero-order valence-corrected chi connectivity index (χ0v) is 12.8. The Hall–Kier alpha value is -2.10. The monoisotopic (exact) mass is 286 g/mol. The molecule has 1 N–H and O–H groups in total. The minimum Gasteiger partial charge on any atom is -0.361 e. The van der Waals surface area contributed by atoms with E-state index in [9.17, 15) is 4.79 Å². The smallest absolute Gasteiger partial charge is 0.220 e. The van der Waals surface area contributed by atoms with Gasteiger partial charge in [-0.25, -0.2) is 0 Å². The molecule has 0 unspecified atom stereocenters. The van der Waals surface area contributed by atoms with Crippen molar-refractivity contribution in [3.63, 3.8) is 0 Å². The molecule has 1 amide bonds. The molecule has 0 atom stereocenters. The Labute approximate surface area is 125 Å². The van der Waals surface area contributed by atoms with Gasteiger partial charge in [-0.05, 0) is 17.9 Å². The fraction of sp³-hybridized carbons (Fsp3) is 0.412. The van der Waals surface area contributed by atoms with Crippen LogP contribution < -0.4 is 5.32 Å². The van der Waals surface area contributed by atoms with Crippen LogP contribution in [0.3, 0.4) is 0 Å². The molecule has 2 aromatic rings. The van der Waals surface area contributed by atoms with Gasteiger partial charge in [0, 0.05) is 25.5 Å². The van der Waals surface area contributed by atoms with E-state index >= 15 is 0 Å². The number of hydrogen-bond donors (Lipinski definition) is 1. The van der Waals surface area contributed by atoms with Crippen molar-refractivity contribution in [2.45, 2.75) is 39.0 Å².